The second-order valence-corrected chi connectivity index (χ2v) is 2.62. The molecule has 0 nitrogen and oxygen atoms in total. The van der Waals surface area contributed by atoms with Gasteiger partial charge >= 0.3 is 0 Å². The minimum Gasteiger partial charge on any atom is -0.245 e. The molecule has 0 saturated heterocycles. The smallest absolute Gasteiger partial charge is 0.245 e. The summed E-state index contributed by atoms with van der Waals surface area (Å²) >= 11 is 0. The van der Waals surface area contributed by atoms with Gasteiger partial charge in [-0.25, -0.2) is 22.0 Å². The third kappa shape index (κ3) is 4.51. The average Bonchev–Trinajstić information content (AvgIpc) is 1.98. The van der Waals surface area contributed by atoms with Gasteiger partial charge in [0.15, 0.2) is 6.17 Å². The molecule has 0 aliphatic rings. The van der Waals surface area contributed by atoms with E-state index in [4.69, 9.17) is 0 Å². The Morgan fingerprint density at radius 3 is 1.58 bits per heavy atom. The zero-order valence-electron chi connectivity index (χ0n) is 6.61. The van der Waals surface area contributed by atoms with Crippen LogP contribution in [0.2, 0.25) is 0 Å². The van der Waals surface area contributed by atoms with Gasteiger partial charge in [0.05, 0.1) is 0 Å². The quantitative estimate of drug-likeness (QED) is 0.584. The topological polar surface area (TPSA) is 0 Å². The third-order valence-electron chi connectivity index (χ3n) is 1.49. The Bertz CT molecular complexity index is 100. The fraction of sp³-hybridized carbons (Fsp3) is 1.00. The molecular weight excluding hydrogens is 179 g/mol. The molecule has 74 valence electrons. The van der Waals surface area contributed by atoms with Gasteiger partial charge in [0.1, 0.15) is 12.3 Å². The van der Waals surface area contributed by atoms with Crippen LogP contribution in [0.5, 0.6) is 0 Å². The molecule has 0 aromatic carbocycles. The van der Waals surface area contributed by atoms with Crippen molar-refractivity contribution in [1.29, 1.82) is 0 Å². The molecule has 0 radical (unpaired) electrons. The van der Waals surface area contributed by atoms with E-state index in [1.165, 1.54) is 0 Å². The lowest BCUT2D eigenvalue weighted by Crippen LogP contribution is -2.18. The predicted molar refractivity (Wildman–Crippen MR) is 35.6 cm³/mol. The van der Waals surface area contributed by atoms with Gasteiger partial charge in [-0.3, -0.25) is 0 Å². The van der Waals surface area contributed by atoms with Crippen molar-refractivity contribution in [3.05, 3.63) is 0 Å². The van der Waals surface area contributed by atoms with E-state index in [2.05, 4.69) is 0 Å². The van der Waals surface area contributed by atoms with E-state index in [1.807, 2.05) is 0 Å². The summed E-state index contributed by atoms with van der Waals surface area (Å²) in [5.74, 6) is 0. The van der Waals surface area contributed by atoms with Crippen molar-refractivity contribution in [3.63, 3.8) is 0 Å². The van der Waals surface area contributed by atoms with Gasteiger partial charge in [0, 0.05) is 0 Å². The first-order valence-corrected chi connectivity index (χ1v) is 3.65. The van der Waals surface area contributed by atoms with E-state index in [1.54, 1.807) is 0 Å². The summed E-state index contributed by atoms with van der Waals surface area (Å²) < 4.78 is 59.5. The van der Waals surface area contributed by atoms with Crippen molar-refractivity contribution < 1.29 is 22.0 Å². The number of halogens is 5. The van der Waals surface area contributed by atoms with Gasteiger partial charge in [-0.15, -0.1) is 0 Å². The Morgan fingerprint density at radius 1 is 0.833 bits per heavy atom. The van der Waals surface area contributed by atoms with Crippen LogP contribution in [-0.2, 0) is 0 Å². The van der Waals surface area contributed by atoms with Crippen molar-refractivity contribution in [1.82, 2.24) is 0 Å². The summed E-state index contributed by atoms with van der Waals surface area (Å²) in [5.41, 5.74) is 0. The summed E-state index contributed by atoms with van der Waals surface area (Å²) in [4.78, 5) is 0. The maximum absolute atomic E-state index is 12.4. The van der Waals surface area contributed by atoms with Gasteiger partial charge in [-0.05, 0) is 19.8 Å². The molecule has 0 heterocycles. The molecule has 3 atom stereocenters. The molecule has 0 saturated carbocycles. The first kappa shape index (κ1) is 11.6. The zero-order valence-corrected chi connectivity index (χ0v) is 6.61. The van der Waals surface area contributed by atoms with Crippen molar-refractivity contribution in [2.45, 2.75) is 44.7 Å². The van der Waals surface area contributed by atoms with Crippen LogP contribution < -0.4 is 0 Å². The first-order chi connectivity index (χ1) is 5.45. The van der Waals surface area contributed by atoms with E-state index in [0.29, 0.717) is 0 Å². The Balaban J connectivity index is 3.54. The van der Waals surface area contributed by atoms with Gasteiger partial charge in [0.25, 0.3) is 6.43 Å². The number of hydrogen-bond acceptors (Lipinski definition) is 0. The molecular formula is C7H11F5. The standard InChI is InChI=1S/C7H11F5/c1-4(8)5(9)2-3-6(10)7(11)12/h4-7H,2-3H2,1H3. The van der Waals surface area contributed by atoms with Crippen LogP contribution in [0.4, 0.5) is 22.0 Å². The first-order valence-electron chi connectivity index (χ1n) is 3.65. The van der Waals surface area contributed by atoms with Crippen LogP contribution in [0.3, 0.4) is 0 Å². The highest BCUT2D eigenvalue weighted by molar-refractivity contribution is 4.67. The van der Waals surface area contributed by atoms with Crippen molar-refractivity contribution in [2.24, 2.45) is 0 Å². The maximum atomic E-state index is 12.4. The average molecular weight is 190 g/mol. The largest absolute Gasteiger partial charge is 0.269 e. The molecule has 0 fully saturated rings. The second kappa shape index (κ2) is 5.32. The lowest BCUT2D eigenvalue weighted by atomic mass is 10.1. The summed E-state index contributed by atoms with van der Waals surface area (Å²) in [6.45, 7) is 0.972. The molecule has 0 N–H and O–H groups in total. The van der Waals surface area contributed by atoms with E-state index in [-0.39, 0.29) is 0 Å². The van der Waals surface area contributed by atoms with Gasteiger partial charge in [-0.2, -0.15) is 0 Å². The Hall–Kier alpha value is -0.350. The third-order valence-corrected chi connectivity index (χ3v) is 1.49. The fourth-order valence-corrected chi connectivity index (χ4v) is 0.674. The lowest BCUT2D eigenvalue weighted by Gasteiger charge is -2.10. The normalized spacial score (nSPS) is 19.2. The SMILES string of the molecule is CC(F)C(F)CCC(F)C(F)F. The van der Waals surface area contributed by atoms with E-state index in [0.717, 1.165) is 6.92 Å². The van der Waals surface area contributed by atoms with Crippen LogP contribution in [-0.4, -0.2) is 24.9 Å². The molecule has 0 rings (SSSR count). The molecule has 0 aliphatic carbocycles. The highest BCUT2D eigenvalue weighted by atomic mass is 19.3. The highest BCUT2D eigenvalue weighted by Crippen LogP contribution is 2.17. The summed E-state index contributed by atoms with van der Waals surface area (Å²) in [6, 6.07) is 0. The van der Waals surface area contributed by atoms with Gasteiger partial charge in [-0.1, -0.05) is 0 Å². The molecule has 12 heavy (non-hydrogen) atoms. The summed E-state index contributed by atoms with van der Waals surface area (Å²) in [6.07, 6.45) is -10.2. The van der Waals surface area contributed by atoms with E-state index >= 15 is 0 Å². The molecule has 0 bridgehead atoms. The summed E-state index contributed by atoms with van der Waals surface area (Å²) in [5, 5.41) is 0. The molecule has 0 amide bonds. The van der Waals surface area contributed by atoms with Crippen LogP contribution in [0.1, 0.15) is 19.8 Å². The number of hydrogen-bond donors (Lipinski definition) is 0. The Kier molecular flexibility index (Phi) is 5.17. The van der Waals surface area contributed by atoms with E-state index < -0.39 is 37.8 Å². The monoisotopic (exact) mass is 190 g/mol. The van der Waals surface area contributed by atoms with Crippen molar-refractivity contribution in [3.8, 4) is 0 Å². The molecule has 0 aromatic heterocycles. The van der Waals surface area contributed by atoms with Gasteiger partial charge in [0.2, 0.25) is 0 Å². The minimum absolute atomic E-state index is 0.497. The van der Waals surface area contributed by atoms with Gasteiger partial charge < -0.3 is 0 Å². The Morgan fingerprint density at radius 2 is 1.25 bits per heavy atom. The molecule has 0 aromatic rings. The minimum atomic E-state index is -3.10. The zero-order chi connectivity index (χ0) is 9.72. The van der Waals surface area contributed by atoms with Crippen LogP contribution in [0.15, 0.2) is 0 Å². The molecule has 5 heteroatoms. The predicted octanol–water partition coefficient (Wildman–Crippen LogP) is 3.07. The highest BCUT2D eigenvalue weighted by Gasteiger charge is 2.22. The maximum Gasteiger partial charge on any atom is 0.269 e. The number of rotatable bonds is 5. The number of alkyl halides is 5. The molecule has 3 unspecified atom stereocenters. The lowest BCUT2D eigenvalue weighted by molar-refractivity contribution is 0.0369. The van der Waals surface area contributed by atoms with E-state index in [9.17, 15) is 22.0 Å². The van der Waals surface area contributed by atoms with Crippen LogP contribution in [0.25, 0.3) is 0 Å². The Labute approximate surface area is 67.8 Å². The molecule has 0 spiro atoms. The van der Waals surface area contributed by atoms with Crippen molar-refractivity contribution in [2.75, 3.05) is 0 Å². The second-order valence-electron chi connectivity index (χ2n) is 2.62. The summed E-state index contributed by atoms with van der Waals surface area (Å²) in [7, 11) is 0. The molecule has 0 aliphatic heterocycles. The van der Waals surface area contributed by atoms with Crippen LogP contribution >= 0.6 is 0 Å². The van der Waals surface area contributed by atoms with Crippen molar-refractivity contribution >= 4 is 0 Å². The van der Waals surface area contributed by atoms with Crippen LogP contribution in [0, 0.1) is 0 Å². The fourth-order valence-electron chi connectivity index (χ4n) is 0.674.